The number of hydroxylamine groups is 2. The second kappa shape index (κ2) is 7.46. The molecule has 0 radical (unpaired) electrons. The molecule has 28 heavy (non-hydrogen) atoms. The molecule has 0 fully saturated rings. The molecule has 2 aliphatic rings. The van der Waals surface area contributed by atoms with E-state index in [0.717, 1.165) is 0 Å². The summed E-state index contributed by atoms with van der Waals surface area (Å²) in [5.41, 5.74) is -0.228. The average Bonchev–Trinajstić information content (AvgIpc) is 2.85. The Bertz CT molecular complexity index is 819. The van der Waals surface area contributed by atoms with Crippen LogP contribution in [0.5, 0.6) is 0 Å². The van der Waals surface area contributed by atoms with Crippen LogP contribution in [0.15, 0.2) is 36.4 Å². The van der Waals surface area contributed by atoms with Crippen molar-refractivity contribution in [3.8, 4) is 0 Å². The van der Waals surface area contributed by atoms with Gasteiger partial charge in [-0.15, -0.1) is 0 Å². The van der Waals surface area contributed by atoms with Crippen LogP contribution >= 0.6 is 0 Å². The van der Waals surface area contributed by atoms with Gasteiger partial charge in [0.2, 0.25) is 0 Å². The lowest BCUT2D eigenvalue weighted by Gasteiger charge is -2.26. The van der Waals surface area contributed by atoms with Crippen molar-refractivity contribution in [1.82, 2.24) is 10.4 Å². The zero-order valence-corrected chi connectivity index (χ0v) is 15.9. The highest BCUT2D eigenvalue weighted by Gasteiger charge is 2.40. The number of allylic oxidation sites excluding steroid dienone is 1. The third-order valence-corrected chi connectivity index (χ3v) is 4.30. The molecule has 0 unspecified atom stereocenters. The Morgan fingerprint density at radius 3 is 2.29 bits per heavy atom. The minimum absolute atomic E-state index is 0.202. The maximum atomic E-state index is 12.5. The number of nitrogens with one attached hydrogen (secondary N) is 1. The molecular weight excluding hydrogens is 364 g/mol. The number of amides is 3. The fraction of sp³-hybridized carbons (Fsp3) is 0.400. The predicted octanol–water partition coefficient (Wildman–Crippen LogP) is 2.60. The minimum atomic E-state index is -0.699. The Labute approximate surface area is 162 Å². The predicted molar refractivity (Wildman–Crippen MR) is 98.1 cm³/mol. The summed E-state index contributed by atoms with van der Waals surface area (Å²) in [5, 5.41) is 3.18. The van der Waals surface area contributed by atoms with Crippen LogP contribution in [0, 0.1) is 5.92 Å². The average molecular weight is 386 g/mol. The van der Waals surface area contributed by atoms with Gasteiger partial charge in [-0.05, 0) is 45.7 Å². The van der Waals surface area contributed by atoms with Gasteiger partial charge in [0, 0.05) is 0 Å². The number of benzene rings is 1. The molecule has 1 aliphatic carbocycles. The monoisotopic (exact) mass is 386 g/mol. The first kappa shape index (κ1) is 19.6. The Hall–Kier alpha value is -3.16. The van der Waals surface area contributed by atoms with E-state index >= 15 is 0 Å². The molecule has 8 heteroatoms. The molecule has 0 saturated carbocycles. The standard InChI is InChI=1S/C20H22N2O6/c1-20(2,3)27-19(26)21-13-8-6-7-12(11-13)18(25)28-22-16(23)14-9-4-5-10-15(14)17(22)24/h4-6,8-10,12-13H,7,11H2,1-3H3,(H,21,26)/t12-,13-/m0/s1. The van der Waals surface area contributed by atoms with Crippen molar-refractivity contribution in [3.05, 3.63) is 47.5 Å². The summed E-state index contributed by atoms with van der Waals surface area (Å²) in [6.45, 7) is 5.27. The van der Waals surface area contributed by atoms with Gasteiger partial charge in [0.1, 0.15) is 5.60 Å². The van der Waals surface area contributed by atoms with Gasteiger partial charge in [-0.3, -0.25) is 9.59 Å². The molecule has 148 valence electrons. The summed E-state index contributed by atoms with van der Waals surface area (Å²) in [7, 11) is 0. The summed E-state index contributed by atoms with van der Waals surface area (Å²) < 4.78 is 5.21. The Morgan fingerprint density at radius 1 is 1.11 bits per heavy atom. The first-order valence-corrected chi connectivity index (χ1v) is 9.01. The van der Waals surface area contributed by atoms with E-state index < -0.39 is 41.4 Å². The quantitative estimate of drug-likeness (QED) is 0.633. The lowest BCUT2D eigenvalue weighted by molar-refractivity contribution is -0.174. The number of carbonyl (C=O) groups is 4. The van der Waals surface area contributed by atoms with E-state index in [9.17, 15) is 19.2 Å². The highest BCUT2D eigenvalue weighted by Crippen LogP contribution is 2.26. The molecule has 0 spiro atoms. The van der Waals surface area contributed by atoms with Crippen LogP contribution < -0.4 is 5.32 Å². The van der Waals surface area contributed by atoms with Crippen LogP contribution in [0.1, 0.15) is 54.3 Å². The molecule has 8 nitrogen and oxygen atoms in total. The summed E-state index contributed by atoms with van der Waals surface area (Å²) in [5.74, 6) is -2.63. The van der Waals surface area contributed by atoms with Crippen molar-refractivity contribution in [2.75, 3.05) is 0 Å². The molecule has 0 saturated heterocycles. The molecule has 3 rings (SSSR count). The Morgan fingerprint density at radius 2 is 1.71 bits per heavy atom. The molecule has 1 aromatic carbocycles. The molecular formula is C20H22N2O6. The third kappa shape index (κ3) is 4.21. The fourth-order valence-electron chi connectivity index (χ4n) is 3.06. The lowest BCUT2D eigenvalue weighted by atomic mass is 9.91. The zero-order valence-electron chi connectivity index (χ0n) is 15.9. The summed E-state index contributed by atoms with van der Waals surface area (Å²) in [4.78, 5) is 54.1. The number of imide groups is 1. The first-order chi connectivity index (χ1) is 13.2. The summed E-state index contributed by atoms with van der Waals surface area (Å²) in [6, 6.07) is 5.87. The lowest BCUT2D eigenvalue weighted by Crippen LogP contribution is -2.42. The van der Waals surface area contributed by atoms with E-state index in [1.807, 2.05) is 0 Å². The Balaban J connectivity index is 1.60. The van der Waals surface area contributed by atoms with Gasteiger partial charge in [-0.1, -0.05) is 29.3 Å². The van der Waals surface area contributed by atoms with Gasteiger partial charge in [0.05, 0.1) is 23.1 Å². The van der Waals surface area contributed by atoms with Gasteiger partial charge in [0.25, 0.3) is 11.8 Å². The van der Waals surface area contributed by atoms with Crippen molar-refractivity contribution in [1.29, 1.82) is 0 Å². The Kier molecular flexibility index (Phi) is 5.22. The summed E-state index contributed by atoms with van der Waals surface area (Å²) in [6.07, 6.45) is 3.60. The molecule has 1 N–H and O–H groups in total. The van der Waals surface area contributed by atoms with E-state index in [1.165, 1.54) is 12.1 Å². The molecule has 1 heterocycles. The number of ether oxygens (including phenoxy) is 1. The number of hydrogen-bond acceptors (Lipinski definition) is 6. The molecule has 1 aliphatic heterocycles. The first-order valence-electron chi connectivity index (χ1n) is 9.01. The number of fused-ring (bicyclic) bond motifs is 1. The van der Waals surface area contributed by atoms with Crippen molar-refractivity contribution < 1.29 is 28.8 Å². The maximum absolute atomic E-state index is 12.5. The second-order valence-electron chi connectivity index (χ2n) is 7.71. The molecule has 1 aromatic rings. The maximum Gasteiger partial charge on any atom is 0.408 e. The van der Waals surface area contributed by atoms with E-state index in [0.29, 0.717) is 11.5 Å². The molecule has 0 bridgehead atoms. The number of alkyl carbamates (subject to hydrolysis) is 1. The smallest absolute Gasteiger partial charge is 0.408 e. The number of hydrogen-bond donors (Lipinski definition) is 1. The van der Waals surface area contributed by atoms with Crippen LogP contribution in [0.3, 0.4) is 0 Å². The second-order valence-corrected chi connectivity index (χ2v) is 7.71. The number of rotatable bonds is 3. The van der Waals surface area contributed by atoms with Crippen molar-refractivity contribution in [2.45, 2.75) is 45.3 Å². The highest BCUT2D eigenvalue weighted by atomic mass is 16.7. The van der Waals surface area contributed by atoms with Gasteiger partial charge < -0.3 is 14.9 Å². The third-order valence-electron chi connectivity index (χ3n) is 4.30. The van der Waals surface area contributed by atoms with E-state index in [4.69, 9.17) is 9.57 Å². The van der Waals surface area contributed by atoms with Crippen LogP contribution in [0.2, 0.25) is 0 Å². The van der Waals surface area contributed by atoms with E-state index in [1.54, 1.807) is 45.1 Å². The zero-order chi connectivity index (χ0) is 20.5. The topological polar surface area (TPSA) is 102 Å². The van der Waals surface area contributed by atoms with E-state index in [2.05, 4.69) is 5.32 Å². The van der Waals surface area contributed by atoms with Crippen LogP contribution in [0.25, 0.3) is 0 Å². The van der Waals surface area contributed by atoms with Crippen molar-refractivity contribution >= 4 is 23.9 Å². The van der Waals surface area contributed by atoms with Gasteiger partial charge in [-0.25, -0.2) is 9.59 Å². The SMILES string of the molecule is CC(C)(C)OC(=O)N[C@H]1C=CC[C@H](C(=O)ON2C(=O)c3ccccc3C2=O)C1. The van der Waals surface area contributed by atoms with Gasteiger partial charge in [0.15, 0.2) is 0 Å². The normalized spacial score (nSPS) is 21.3. The summed E-state index contributed by atoms with van der Waals surface area (Å²) >= 11 is 0. The minimum Gasteiger partial charge on any atom is -0.444 e. The van der Waals surface area contributed by atoms with Gasteiger partial charge in [-0.2, -0.15) is 0 Å². The van der Waals surface area contributed by atoms with Gasteiger partial charge >= 0.3 is 12.1 Å². The van der Waals surface area contributed by atoms with Crippen LogP contribution in [-0.4, -0.2) is 40.6 Å². The number of carbonyl (C=O) groups excluding carboxylic acids is 4. The van der Waals surface area contributed by atoms with E-state index in [-0.39, 0.29) is 17.5 Å². The highest BCUT2D eigenvalue weighted by molar-refractivity contribution is 6.20. The molecule has 0 aromatic heterocycles. The molecule has 2 atom stereocenters. The van der Waals surface area contributed by atoms with Crippen molar-refractivity contribution in [2.24, 2.45) is 5.92 Å². The fourth-order valence-corrected chi connectivity index (χ4v) is 3.06. The van der Waals surface area contributed by atoms with Crippen molar-refractivity contribution in [3.63, 3.8) is 0 Å². The van der Waals surface area contributed by atoms with Crippen LogP contribution in [0.4, 0.5) is 4.79 Å². The van der Waals surface area contributed by atoms with Crippen LogP contribution in [-0.2, 0) is 14.4 Å². The largest absolute Gasteiger partial charge is 0.444 e. The number of nitrogens with zero attached hydrogens (tertiary/aromatic N) is 1. The molecule has 3 amide bonds.